The van der Waals surface area contributed by atoms with E-state index in [1.165, 1.54) is 18.2 Å². The Kier molecular flexibility index (Phi) is 4.90. The highest BCUT2D eigenvalue weighted by Crippen LogP contribution is 2.22. The minimum atomic E-state index is -3.70. The molecular formula is C13H11ClINO3S. The standard InChI is InChI=1S/C13H11ClINO3S/c14-13-6-5-12(7-9(13)8-17)20(18,19)16-11-3-1-10(15)2-4-11/h1-7,16-17H,8H2. The highest BCUT2D eigenvalue weighted by Gasteiger charge is 2.15. The van der Waals surface area contributed by atoms with Crippen LogP contribution in [0.25, 0.3) is 0 Å². The average Bonchev–Trinajstić information content (AvgIpc) is 2.41. The molecule has 7 heteroatoms. The van der Waals surface area contributed by atoms with Crippen molar-refractivity contribution in [2.45, 2.75) is 11.5 Å². The first-order chi connectivity index (χ1) is 9.42. The van der Waals surface area contributed by atoms with Crippen molar-refractivity contribution in [3.63, 3.8) is 0 Å². The van der Waals surface area contributed by atoms with E-state index in [9.17, 15) is 8.42 Å². The van der Waals surface area contributed by atoms with Crippen LogP contribution in [0.15, 0.2) is 47.4 Å². The summed E-state index contributed by atoms with van der Waals surface area (Å²) in [5, 5.41) is 9.46. The molecule has 0 unspecified atom stereocenters. The first-order valence-electron chi connectivity index (χ1n) is 5.60. The van der Waals surface area contributed by atoms with Gasteiger partial charge < -0.3 is 5.11 Å². The van der Waals surface area contributed by atoms with Gasteiger partial charge in [0, 0.05) is 14.3 Å². The topological polar surface area (TPSA) is 66.4 Å². The molecular weight excluding hydrogens is 413 g/mol. The Morgan fingerprint density at radius 3 is 2.40 bits per heavy atom. The number of halogens is 2. The average molecular weight is 424 g/mol. The van der Waals surface area contributed by atoms with Gasteiger partial charge in [0.25, 0.3) is 10.0 Å². The van der Waals surface area contributed by atoms with Crippen LogP contribution in [0.4, 0.5) is 5.69 Å². The maximum atomic E-state index is 12.2. The lowest BCUT2D eigenvalue weighted by Gasteiger charge is -2.10. The molecule has 0 heterocycles. The Labute approximate surface area is 136 Å². The van der Waals surface area contributed by atoms with Crippen LogP contribution in [0.1, 0.15) is 5.56 Å². The summed E-state index contributed by atoms with van der Waals surface area (Å²) in [6.45, 7) is -0.314. The number of aliphatic hydroxyl groups is 1. The van der Waals surface area contributed by atoms with Crippen molar-refractivity contribution >= 4 is 49.9 Å². The number of rotatable bonds is 4. The van der Waals surface area contributed by atoms with Gasteiger partial charge in [-0.05, 0) is 70.6 Å². The second-order valence-corrected chi connectivity index (χ2v) is 7.36. The highest BCUT2D eigenvalue weighted by molar-refractivity contribution is 14.1. The van der Waals surface area contributed by atoms with Gasteiger partial charge in [-0.15, -0.1) is 0 Å². The minimum absolute atomic E-state index is 0.0597. The molecule has 2 rings (SSSR count). The van der Waals surface area contributed by atoms with Crippen LogP contribution in [0.3, 0.4) is 0 Å². The molecule has 0 radical (unpaired) electrons. The molecule has 0 saturated carbocycles. The normalized spacial score (nSPS) is 11.3. The molecule has 0 aliphatic rings. The maximum absolute atomic E-state index is 12.2. The molecule has 0 fully saturated rings. The number of nitrogens with one attached hydrogen (secondary N) is 1. The minimum Gasteiger partial charge on any atom is -0.392 e. The Balaban J connectivity index is 2.33. The smallest absolute Gasteiger partial charge is 0.261 e. The summed E-state index contributed by atoms with van der Waals surface area (Å²) in [5.41, 5.74) is 0.850. The molecule has 106 valence electrons. The Bertz CT molecular complexity index is 717. The zero-order valence-corrected chi connectivity index (χ0v) is 13.9. The number of benzene rings is 2. The summed E-state index contributed by atoms with van der Waals surface area (Å²) in [6, 6.07) is 11.2. The molecule has 0 aliphatic carbocycles. The summed E-state index contributed by atoms with van der Waals surface area (Å²) in [7, 11) is -3.70. The van der Waals surface area contributed by atoms with Crippen molar-refractivity contribution in [2.24, 2.45) is 0 Å². The fourth-order valence-corrected chi connectivity index (χ4v) is 3.22. The molecule has 2 N–H and O–H groups in total. The van der Waals surface area contributed by atoms with Gasteiger partial charge in [-0.25, -0.2) is 8.42 Å². The van der Waals surface area contributed by atoms with Gasteiger partial charge in [0.2, 0.25) is 0 Å². The quantitative estimate of drug-likeness (QED) is 0.742. The number of hydrogen-bond donors (Lipinski definition) is 2. The second-order valence-electron chi connectivity index (χ2n) is 4.02. The zero-order chi connectivity index (χ0) is 14.8. The van der Waals surface area contributed by atoms with Crippen LogP contribution >= 0.6 is 34.2 Å². The van der Waals surface area contributed by atoms with Crippen molar-refractivity contribution in [3.8, 4) is 0 Å². The third kappa shape index (κ3) is 3.63. The van der Waals surface area contributed by atoms with Crippen LogP contribution in [0.2, 0.25) is 5.02 Å². The molecule has 0 spiro atoms. The lowest BCUT2D eigenvalue weighted by Crippen LogP contribution is -2.13. The third-order valence-corrected chi connectivity index (χ3v) is 5.06. The summed E-state index contributed by atoms with van der Waals surface area (Å²) < 4.78 is 27.9. The predicted octanol–water partition coefficient (Wildman–Crippen LogP) is 3.24. The molecule has 0 bridgehead atoms. The molecule has 0 saturated heterocycles. The van der Waals surface area contributed by atoms with Crippen LogP contribution in [-0.2, 0) is 16.6 Å². The van der Waals surface area contributed by atoms with Crippen molar-refractivity contribution in [1.29, 1.82) is 0 Å². The SMILES string of the molecule is O=S(=O)(Nc1ccc(I)cc1)c1ccc(Cl)c(CO)c1. The van der Waals surface area contributed by atoms with Gasteiger partial charge in [0.1, 0.15) is 0 Å². The van der Waals surface area contributed by atoms with E-state index in [1.807, 2.05) is 0 Å². The van der Waals surface area contributed by atoms with Gasteiger partial charge in [-0.2, -0.15) is 0 Å². The Morgan fingerprint density at radius 2 is 1.80 bits per heavy atom. The zero-order valence-electron chi connectivity index (χ0n) is 10.2. The molecule has 0 aliphatic heterocycles. The molecule has 4 nitrogen and oxygen atoms in total. The molecule has 2 aromatic carbocycles. The summed E-state index contributed by atoms with van der Waals surface area (Å²) in [6.07, 6.45) is 0. The Morgan fingerprint density at radius 1 is 1.15 bits per heavy atom. The molecule has 2 aromatic rings. The van der Waals surface area contributed by atoms with Gasteiger partial charge >= 0.3 is 0 Å². The van der Waals surface area contributed by atoms with Crippen molar-refractivity contribution in [3.05, 3.63) is 56.6 Å². The van der Waals surface area contributed by atoms with Crippen LogP contribution in [0, 0.1) is 3.57 Å². The monoisotopic (exact) mass is 423 g/mol. The number of aliphatic hydroxyl groups excluding tert-OH is 1. The van der Waals surface area contributed by atoms with Gasteiger partial charge in [0.05, 0.1) is 11.5 Å². The van der Waals surface area contributed by atoms with E-state index < -0.39 is 10.0 Å². The van der Waals surface area contributed by atoms with E-state index in [2.05, 4.69) is 27.3 Å². The first-order valence-corrected chi connectivity index (χ1v) is 8.54. The van der Waals surface area contributed by atoms with Gasteiger partial charge in [-0.1, -0.05) is 11.6 Å². The van der Waals surface area contributed by atoms with Crippen molar-refractivity contribution in [1.82, 2.24) is 0 Å². The van der Waals surface area contributed by atoms with E-state index in [0.717, 1.165) is 3.57 Å². The lowest BCUT2D eigenvalue weighted by atomic mass is 10.2. The van der Waals surface area contributed by atoms with Crippen LogP contribution in [0.5, 0.6) is 0 Å². The largest absolute Gasteiger partial charge is 0.392 e. The molecule has 20 heavy (non-hydrogen) atoms. The van der Waals surface area contributed by atoms with Gasteiger partial charge in [0.15, 0.2) is 0 Å². The molecule has 0 aromatic heterocycles. The van der Waals surface area contributed by atoms with Crippen molar-refractivity contribution in [2.75, 3.05) is 4.72 Å². The van der Waals surface area contributed by atoms with Crippen LogP contribution in [-0.4, -0.2) is 13.5 Å². The van der Waals surface area contributed by atoms with Crippen molar-refractivity contribution < 1.29 is 13.5 Å². The lowest BCUT2D eigenvalue weighted by molar-refractivity contribution is 0.281. The molecule has 0 atom stereocenters. The fraction of sp³-hybridized carbons (Fsp3) is 0.0769. The van der Waals surface area contributed by atoms with E-state index in [1.54, 1.807) is 24.3 Å². The summed E-state index contributed by atoms with van der Waals surface area (Å²) >= 11 is 7.99. The fourth-order valence-electron chi connectivity index (χ4n) is 1.57. The van der Waals surface area contributed by atoms with Crippen LogP contribution < -0.4 is 4.72 Å². The van der Waals surface area contributed by atoms with Gasteiger partial charge in [-0.3, -0.25) is 4.72 Å². The third-order valence-electron chi connectivity index (χ3n) is 2.59. The van der Waals surface area contributed by atoms with E-state index in [-0.39, 0.29) is 11.5 Å². The van der Waals surface area contributed by atoms with E-state index >= 15 is 0 Å². The molecule has 0 amide bonds. The number of anilines is 1. The maximum Gasteiger partial charge on any atom is 0.261 e. The van der Waals surface area contributed by atoms with E-state index in [4.69, 9.17) is 16.7 Å². The summed E-state index contributed by atoms with van der Waals surface area (Å²) in [5.74, 6) is 0. The predicted molar refractivity (Wildman–Crippen MR) is 87.3 cm³/mol. The Hall–Kier alpha value is -0.830. The highest BCUT2D eigenvalue weighted by atomic mass is 127. The second kappa shape index (κ2) is 6.30. The number of sulfonamides is 1. The first kappa shape index (κ1) is 15.6. The number of hydrogen-bond acceptors (Lipinski definition) is 3. The summed E-state index contributed by atoms with van der Waals surface area (Å²) in [4.78, 5) is 0.0597. The van der Waals surface area contributed by atoms with E-state index in [0.29, 0.717) is 16.3 Å².